The van der Waals surface area contributed by atoms with Crippen LogP contribution in [-0.4, -0.2) is 12.4 Å². The molecule has 0 bridgehead atoms. The molecule has 0 radical (unpaired) electrons. The molecule has 0 spiro atoms. The van der Waals surface area contributed by atoms with Crippen molar-refractivity contribution in [3.63, 3.8) is 0 Å². The maximum Gasteiger partial charge on any atom is 0.123 e. The van der Waals surface area contributed by atoms with Gasteiger partial charge < -0.3 is 4.74 Å². The highest BCUT2D eigenvalue weighted by atomic mass is 32.1. The zero-order valence-corrected chi connectivity index (χ0v) is 13.4. The van der Waals surface area contributed by atoms with Gasteiger partial charge in [0.2, 0.25) is 0 Å². The number of benzene rings is 1. The van der Waals surface area contributed by atoms with E-state index >= 15 is 0 Å². The zero-order valence-electron chi connectivity index (χ0n) is 12.5. The minimum atomic E-state index is 0.0992. The minimum Gasteiger partial charge on any atom is -0.493 e. The molecular formula is C16H26OS. The molecule has 1 nitrogen and oxygen atoms in total. The summed E-state index contributed by atoms with van der Waals surface area (Å²) < 4.78 is 6.05. The Morgan fingerprint density at radius 3 is 2.22 bits per heavy atom. The molecular weight excluding hydrogens is 240 g/mol. The van der Waals surface area contributed by atoms with Gasteiger partial charge >= 0.3 is 0 Å². The minimum absolute atomic E-state index is 0.0992. The molecule has 0 aliphatic carbocycles. The Bertz CT molecular complexity index is 402. The molecule has 1 aromatic rings. The first-order valence-corrected chi connectivity index (χ1v) is 7.14. The lowest BCUT2D eigenvalue weighted by molar-refractivity contribution is 0.198. The second-order valence-corrected chi connectivity index (χ2v) is 7.18. The topological polar surface area (TPSA) is 9.23 Å². The number of ether oxygens (including phenoxy) is 1. The third-order valence-corrected chi connectivity index (χ3v) is 3.85. The summed E-state index contributed by atoms with van der Waals surface area (Å²) >= 11 is 4.37. The van der Waals surface area contributed by atoms with E-state index in [0.29, 0.717) is 6.61 Å². The van der Waals surface area contributed by atoms with Crippen molar-refractivity contribution in [3.8, 4) is 5.75 Å². The van der Waals surface area contributed by atoms with E-state index in [1.807, 2.05) is 0 Å². The number of aryl methyl sites for hydroxylation is 1. The van der Waals surface area contributed by atoms with Crippen LogP contribution >= 0.6 is 12.6 Å². The Hall–Kier alpha value is -0.630. The highest BCUT2D eigenvalue weighted by Gasteiger charge is 2.22. The molecule has 1 rings (SSSR count). The van der Waals surface area contributed by atoms with Crippen molar-refractivity contribution in [1.82, 2.24) is 0 Å². The quantitative estimate of drug-likeness (QED) is 0.782. The summed E-state index contributed by atoms with van der Waals surface area (Å²) in [6, 6.07) is 6.46. The highest BCUT2D eigenvalue weighted by molar-refractivity contribution is 7.80. The molecule has 0 heterocycles. The molecule has 0 N–H and O–H groups in total. The van der Waals surface area contributed by atoms with Crippen LogP contribution in [-0.2, 0) is 5.41 Å². The molecule has 0 fully saturated rings. The normalized spacial score (nSPS) is 12.6. The van der Waals surface area contributed by atoms with Crippen molar-refractivity contribution >= 4 is 12.6 Å². The summed E-state index contributed by atoms with van der Waals surface area (Å²) in [5, 5.41) is 0. The van der Waals surface area contributed by atoms with Crippen molar-refractivity contribution in [2.75, 3.05) is 12.4 Å². The number of thiol groups is 1. The van der Waals surface area contributed by atoms with E-state index in [9.17, 15) is 0 Å². The van der Waals surface area contributed by atoms with Gasteiger partial charge in [0.05, 0.1) is 6.61 Å². The fourth-order valence-electron chi connectivity index (χ4n) is 1.69. The van der Waals surface area contributed by atoms with Gasteiger partial charge in [-0.2, -0.15) is 12.6 Å². The monoisotopic (exact) mass is 266 g/mol. The molecule has 0 amide bonds. The second-order valence-electron chi connectivity index (χ2n) is 6.86. The van der Waals surface area contributed by atoms with E-state index in [4.69, 9.17) is 4.74 Å². The summed E-state index contributed by atoms with van der Waals surface area (Å²) in [5.41, 5.74) is 2.71. The van der Waals surface area contributed by atoms with Crippen molar-refractivity contribution in [3.05, 3.63) is 29.3 Å². The third-order valence-electron chi connectivity index (χ3n) is 2.99. The summed E-state index contributed by atoms with van der Waals surface area (Å²) in [6.45, 7) is 13.8. The maximum atomic E-state index is 6.05. The molecule has 0 atom stereocenters. The molecule has 2 heteroatoms. The molecule has 0 unspecified atom stereocenters. The van der Waals surface area contributed by atoms with Crippen LogP contribution in [0.5, 0.6) is 5.75 Å². The number of hydrogen-bond donors (Lipinski definition) is 1. The van der Waals surface area contributed by atoms with Gasteiger partial charge in [-0.25, -0.2) is 0 Å². The third kappa shape index (κ3) is 4.24. The van der Waals surface area contributed by atoms with E-state index < -0.39 is 0 Å². The Labute approximate surface area is 117 Å². The van der Waals surface area contributed by atoms with Crippen LogP contribution in [0.2, 0.25) is 0 Å². The first-order chi connectivity index (χ1) is 8.15. The van der Waals surface area contributed by atoms with Gasteiger partial charge in [-0.15, -0.1) is 0 Å². The summed E-state index contributed by atoms with van der Waals surface area (Å²) in [5.74, 6) is 1.83. The average molecular weight is 266 g/mol. The van der Waals surface area contributed by atoms with E-state index in [1.165, 1.54) is 11.1 Å². The predicted molar refractivity (Wildman–Crippen MR) is 83.0 cm³/mol. The molecule has 18 heavy (non-hydrogen) atoms. The number of hydrogen-bond acceptors (Lipinski definition) is 2. The first kappa shape index (κ1) is 15.4. The molecule has 0 aliphatic rings. The van der Waals surface area contributed by atoms with Crippen molar-refractivity contribution in [2.45, 2.75) is 47.0 Å². The molecule has 0 aliphatic heterocycles. The number of rotatable bonds is 4. The Morgan fingerprint density at radius 2 is 1.72 bits per heavy atom. The smallest absolute Gasteiger partial charge is 0.123 e. The highest BCUT2D eigenvalue weighted by Crippen LogP contribution is 2.33. The lowest BCUT2D eigenvalue weighted by Crippen LogP contribution is -2.24. The van der Waals surface area contributed by atoms with Gasteiger partial charge in [-0.3, -0.25) is 0 Å². The van der Waals surface area contributed by atoms with Crippen molar-refractivity contribution in [2.24, 2.45) is 5.41 Å². The van der Waals surface area contributed by atoms with E-state index in [2.05, 4.69) is 72.4 Å². The lowest BCUT2D eigenvalue weighted by atomic mass is 9.86. The Morgan fingerprint density at radius 1 is 1.11 bits per heavy atom. The van der Waals surface area contributed by atoms with Crippen LogP contribution in [0, 0.1) is 12.3 Å². The van der Waals surface area contributed by atoms with Crippen molar-refractivity contribution in [1.29, 1.82) is 0 Å². The fraction of sp³-hybridized carbons (Fsp3) is 0.625. The first-order valence-electron chi connectivity index (χ1n) is 6.50. The molecule has 0 saturated carbocycles. The van der Waals surface area contributed by atoms with Gasteiger partial charge in [0.1, 0.15) is 5.75 Å². The molecule has 102 valence electrons. The van der Waals surface area contributed by atoms with Crippen LogP contribution in [0.1, 0.15) is 45.7 Å². The fourth-order valence-corrected chi connectivity index (χ4v) is 1.78. The molecule has 0 saturated heterocycles. The maximum absolute atomic E-state index is 6.05. The van der Waals surface area contributed by atoms with Crippen LogP contribution in [0.3, 0.4) is 0 Å². The standard InChI is InChI=1S/C16H26OS/c1-12-7-8-13(15(2,3)4)14(9-12)17-10-16(5,6)11-18/h7-9,18H,10-11H2,1-6H3. The van der Waals surface area contributed by atoms with Crippen LogP contribution in [0.15, 0.2) is 18.2 Å². The van der Waals surface area contributed by atoms with Gasteiger partial charge in [0.15, 0.2) is 0 Å². The van der Waals surface area contributed by atoms with Gasteiger partial charge in [0, 0.05) is 5.41 Å². The molecule has 0 aromatic heterocycles. The van der Waals surface area contributed by atoms with Crippen molar-refractivity contribution < 1.29 is 4.74 Å². The van der Waals surface area contributed by atoms with E-state index in [1.54, 1.807) is 0 Å². The molecule has 1 aromatic carbocycles. The Balaban J connectivity index is 2.97. The zero-order chi connectivity index (χ0) is 14.0. The predicted octanol–water partition coefficient (Wildman–Crippen LogP) is 4.63. The largest absolute Gasteiger partial charge is 0.493 e. The van der Waals surface area contributed by atoms with Gasteiger partial charge in [0.25, 0.3) is 0 Å². The van der Waals surface area contributed by atoms with Gasteiger partial charge in [-0.05, 0) is 35.3 Å². The van der Waals surface area contributed by atoms with Crippen LogP contribution < -0.4 is 4.74 Å². The SMILES string of the molecule is Cc1ccc(C(C)(C)C)c(OCC(C)(C)CS)c1. The van der Waals surface area contributed by atoms with Crippen LogP contribution in [0.4, 0.5) is 0 Å². The Kier molecular flexibility index (Phi) is 4.77. The lowest BCUT2D eigenvalue weighted by Gasteiger charge is -2.27. The van der Waals surface area contributed by atoms with E-state index in [0.717, 1.165) is 11.5 Å². The summed E-state index contributed by atoms with van der Waals surface area (Å²) in [4.78, 5) is 0. The second kappa shape index (κ2) is 5.56. The van der Waals surface area contributed by atoms with E-state index in [-0.39, 0.29) is 10.8 Å². The van der Waals surface area contributed by atoms with Gasteiger partial charge in [-0.1, -0.05) is 46.8 Å². The average Bonchev–Trinajstić information content (AvgIpc) is 2.25. The summed E-state index contributed by atoms with van der Waals surface area (Å²) in [7, 11) is 0. The summed E-state index contributed by atoms with van der Waals surface area (Å²) in [6.07, 6.45) is 0. The van der Waals surface area contributed by atoms with Crippen LogP contribution in [0.25, 0.3) is 0 Å².